The summed E-state index contributed by atoms with van der Waals surface area (Å²) in [5, 5.41) is 8.67. The van der Waals surface area contributed by atoms with Crippen LogP contribution >= 0.6 is 31.9 Å². The van der Waals surface area contributed by atoms with Crippen LogP contribution in [-0.2, 0) is 11.2 Å². The highest BCUT2D eigenvalue weighted by atomic mass is 79.9. The fraction of sp³-hybridized carbons (Fsp3) is 0.222. The molecule has 13 heavy (non-hydrogen) atoms. The summed E-state index contributed by atoms with van der Waals surface area (Å²) in [4.78, 5) is 10.0. The van der Waals surface area contributed by atoms with Crippen LogP contribution in [0, 0.1) is 0 Å². The molecular weight excluding hydrogens is 300 g/mol. The predicted octanol–water partition coefficient (Wildman–Crippen LogP) is 2.84. The largest absolute Gasteiger partial charge is 0.480 e. The molecule has 0 aliphatic rings. The number of aliphatic carboxylic acids is 1. The zero-order valence-corrected chi connectivity index (χ0v) is 9.88. The van der Waals surface area contributed by atoms with Crippen molar-refractivity contribution >= 4 is 37.8 Å². The lowest BCUT2D eigenvalue weighted by Crippen LogP contribution is -2.15. The van der Waals surface area contributed by atoms with Gasteiger partial charge in [-0.3, -0.25) is 4.79 Å². The second-order valence-corrected chi connectivity index (χ2v) is 4.56. The molecule has 0 spiro atoms. The molecule has 0 radical (unpaired) electrons. The van der Waals surface area contributed by atoms with Crippen molar-refractivity contribution in [2.45, 2.75) is 11.2 Å². The van der Waals surface area contributed by atoms with E-state index in [2.05, 4.69) is 31.9 Å². The van der Waals surface area contributed by atoms with Crippen LogP contribution in [0.4, 0.5) is 0 Å². The SMILES string of the molecule is O=C(O)C(Br)Cc1ccccc1Br. The zero-order chi connectivity index (χ0) is 9.84. The summed E-state index contributed by atoms with van der Waals surface area (Å²) in [6, 6.07) is 7.59. The minimum atomic E-state index is -0.837. The van der Waals surface area contributed by atoms with Crippen molar-refractivity contribution in [3.8, 4) is 0 Å². The van der Waals surface area contributed by atoms with Gasteiger partial charge in [-0.25, -0.2) is 0 Å². The summed E-state index contributed by atoms with van der Waals surface area (Å²) >= 11 is 6.45. The lowest BCUT2D eigenvalue weighted by atomic mass is 10.1. The Hall–Kier alpha value is -0.350. The molecule has 0 fully saturated rings. The number of hydrogen-bond acceptors (Lipinski definition) is 1. The average Bonchev–Trinajstić information content (AvgIpc) is 2.08. The second-order valence-electron chi connectivity index (χ2n) is 2.60. The van der Waals surface area contributed by atoms with E-state index in [1.807, 2.05) is 24.3 Å². The van der Waals surface area contributed by atoms with Crippen molar-refractivity contribution in [2.75, 3.05) is 0 Å². The molecule has 0 saturated heterocycles. The molecule has 4 heteroatoms. The van der Waals surface area contributed by atoms with Crippen LogP contribution in [0.25, 0.3) is 0 Å². The molecule has 0 aliphatic carbocycles. The van der Waals surface area contributed by atoms with Gasteiger partial charge in [-0.15, -0.1) is 0 Å². The van der Waals surface area contributed by atoms with E-state index in [1.165, 1.54) is 0 Å². The van der Waals surface area contributed by atoms with Gasteiger partial charge >= 0.3 is 5.97 Å². The van der Waals surface area contributed by atoms with Gasteiger partial charge in [0.25, 0.3) is 0 Å². The Morgan fingerprint density at radius 2 is 2.08 bits per heavy atom. The van der Waals surface area contributed by atoms with E-state index in [9.17, 15) is 4.79 Å². The van der Waals surface area contributed by atoms with Gasteiger partial charge in [0.1, 0.15) is 4.83 Å². The van der Waals surface area contributed by atoms with Crippen LogP contribution in [0.1, 0.15) is 5.56 Å². The number of carboxylic acid groups (broad SMARTS) is 1. The lowest BCUT2D eigenvalue weighted by molar-refractivity contribution is -0.136. The highest BCUT2D eigenvalue weighted by Gasteiger charge is 2.14. The third-order valence-electron chi connectivity index (χ3n) is 1.62. The van der Waals surface area contributed by atoms with Crippen molar-refractivity contribution in [1.82, 2.24) is 0 Å². The molecule has 0 bridgehead atoms. The molecule has 0 amide bonds. The third-order valence-corrected chi connectivity index (χ3v) is 3.11. The molecular formula is C9H8Br2O2. The molecule has 1 aromatic carbocycles. The second kappa shape index (κ2) is 4.77. The van der Waals surface area contributed by atoms with Crippen LogP contribution in [0.5, 0.6) is 0 Å². The van der Waals surface area contributed by atoms with Gasteiger partial charge in [0.2, 0.25) is 0 Å². The Labute approximate surface area is 93.2 Å². The van der Waals surface area contributed by atoms with Gasteiger partial charge in [-0.1, -0.05) is 50.1 Å². The first kappa shape index (κ1) is 10.7. The van der Waals surface area contributed by atoms with Crippen LogP contribution < -0.4 is 0 Å². The summed E-state index contributed by atoms with van der Waals surface area (Å²) in [6.07, 6.45) is 0.483. The number of carbonyl (C=O) groups is 1. The fourth-order valence-corrected chi connectivity index (χ4v) is 1.74. The van der Waals surface area contributed by atoms with Gasteiger partial charge in [-0.2, -0.15) is 0 Å². The summed E-state index contributed by atoms with van der Waals surface area (Å²) in [5.74, 6) is -0.837. The molecule has 0 aromatic heterocycles. The van der Waals surface area contributed by atoms with Crippen molar-refractivity contribution in [3.63, 3.8) is 0 Å². The number of carboxylic acids is 1. The summed E-state index contributed by atoms with van der Waals surface area (Å²) in [6.45, 7) is 0. The van der Waals surface area contributed by atoms with Gasteiger partial charge in [0.05, 0.1) is 0 Å². The smallest absolute Gasteiger partial charge is 0.317 e. The van der Waals surface area contributed by atoms with E-state index in [-0.39, 0.29) is 0 Å². The first-order valence-electron chi connectivity index (χ1n) is 3.71. The molecule has 1 unspecified atom stereocenters. The first-order chi connectivity index (χ1) is 6.11. The topological polar surface area (TPSA) is 37.3 Å². The van der Waals surface area contributed by atoms with Crippen LogP contribution in [0.2, 0.25) is 0 Å². The molecule has 1 N–H and O–H groups in total. The molecule has 70 valence electrons. The molecule has 0 saturated carbocycles. The number of rotatable bonds is 3. The van der Waals surface area contributed by atoms with Crippen LogP contribution in [0.3, 0.4) is 0 Å². The maximum atomic E-state index is 10.6. The maximum Gasteiger partial charge on any atom is 0.317 e. The van der Waals surface area contributed by atoms with E-state index in [0.717, 1.165) is 10.0 Å². The summed E-state index contributed by atoms with van der Waals surface area (Å²) < 4.78 is 0.945. The van der Waals surface area contributed by atoms with Gasteiger partial charge in [0, 0.05) is 4.47 Å². The van der Waals surface area contributed by atoms with E-state index in [1.54, 1.807) is 0 Å². The van der Waals surface area contributed by atoms with Crippen LogP contribution in [0.15, 0.2) is 28.7 Å². The van der Waals surface area contributed by atoms with Crippen molar-refractivity contribution in [3.05, 3.63) is 34.3 Å². The Bertz CT molecular complexity index is 312. The molecule has 0 aliphatic heterocycles. The minimum absolute atomic E-state index is 0.483. The molecule has 1 rings (SSSR count). The van der Waals surface area contributed by atoms with E-state index in [4.69, 9.17) is 5.11 Å². The normalized spacial score (nSPS) is 12.5. The van der Waals surface area contributed by atoms with Crippen molar-refractivity contribution < 1.29 is 9.90 Å². The number of hydrogen-bond donors (Lipinski definition) is 1. The number of alkyl halides is 1. The summed E-state index contributed by atoms with van der Waals surface area (Å²) in [5.41, 5.74) is 0.992. The number of benzene rings is 1. The van der Waals surface area contributed by atoms with E-state index < -0.39 is 10.8 Å². The third kappa shape index (κ3) is 3.12. The van der Waals surface area contributed by atoms with Crippen molar-refractivity contribution in [2.24, 2.45) is 0 Å². The summed E-state index contributed by atoms with van der Waals surface area (Å²) in [7, 11) is 0. The van der Waals surface area contributed by atoms with Gasteiger partial charge in [0.15, 0.2) is 0 Å². The highest BCUT2D eigenvalue weighted by Crippen LogP contribution is 2.19. The predicted molar refractivity (Wildman–Crippen MR) is 58.2 cm³/mol. The highest BCUT2D eigenvalue weighted by molar-refractivity contribution is 9.10. The first-order valence-corrected chi connectivity index (χ1v) is 5.42. The Kier molecular flexibility index (Phi) is 3.93. The number of halogens is 2. The Morgan fingerprint density at radius 3 is 2.62 bits per heavy atom. The van der Waals surface area contributed by atoms with Gasteiger partial charge in [-0.05, 0) is 18.1 Å². The Morgan fingerprint density at radius 1 is 1.46 bits per heavy atom. The quantitative estimate of drug-likeness (QED) is 0.872. The zero-order valence-electron chi connectivity index (χ0n) is 6.71. The van der Waals surface area contributed by atoms with E-state index >= 15 is 0 Å². The minimum Gasteiger partial charge on any atom is -0.480 e. The van der Waals surface area contributed by atoms with Crippen LogP contribution in [-0.4, -0.2) is 15.9 Å². The van der Waals surface area contributed by atoms with Gasteiger partial charge < -0.3 is 5.11 Å². The Balaban J connectivity index is 2.74. The fourth-order valence-electron chi connectivity index (χ4n) is 0.944. The van der Waals surface area contributed by atoms with Crippen molar-refractivity contribution in [1.29, 1.82) is 0 Å². The average molecular weight is 308 g/mol. The maximum absolute atomic E-state index is 10.6. The standard InChI is InChI=1S/C9H8Br2O2/c10-7-4-2-1-3-6(7)5-8(11)9(12)13/h1-4,8H,5H2,(H,12,13). The molecule has 0 heterocycles. The molecule has 1 aromatic rings. The lowest BCUT2D eigenvalue weighted by Gasteiger charge is -2.06. The van der Waals surface area contributed by atoms with E-state index in [0.29, 0.717) is 6.42 Å². The molecule has 1 atom stereocenters. The molecule has 2 nitrogen and oxygen atoms in total. The monoisotopic (exact) mass is 306 g/mol.